The van der Waals surface area contributed by atoms with Crippen LogP contribution in [0.5, 0.6) is 0 Å². The van der Waals surface area contributed by atoms with Gasteiger partial charge < -0.3 is 10.1 Å². The number of rotatable bonds is 3. The summed E-state index contributed by atoms with van der Waals surface area (Å²) in [5.74, 6) is 0.223. The van der Waals surface area contributed by atoms with Crippen molar-refractivity contribution in [3.8, 4) is 0 Å². The average molecular weight is 312 g/mol. The van der Waals surface area contributed by atoms with Gasteiger partial charge in [-0.05, 0) is 56.8 Å². The minimum Gasteiger partial charge on any atom is -0.375 e. The second kappa shape index (κ2) is 6.23. The van der Waals surface area contributed by atoms with Gasteiger partial charge in [0.2, 0.25) is 0 Å². The van der Waals surface area contributed by atoms with E-state index in [0.717, 1.165) is 32.3 Å². The van der Waals surface area contributed by atoms with Crippen molar-refractivity contribution in [2.45, 2.75) is 50.2 Å². The van der Waals surface area contributed by atoms with Crippen LogP contribution in [-0.2, 0) is 4.74 Å². The fourth-order valence-electron chi connectivity index (χ4n) is 4.12. The van der Waals surface area contributed by atoms with E-state index in [1.165, 1.54) is 18.9 Å². The summed E-state index contributed by atoms with van der Waals surface area (Å²) in [7, 11) is 1.90. The fraction of sp³-hybridized carbons (Fsp3) is 0.647. The molecule has 4 heteroatoms. The molecule has 0 radical (unpaired) electrons. The lowest BCUT2D eigenvalue weighted by molar-refractivity contribution is -0.0980. The van der Waals surface area contributed by atoms with E-state index in [1.807, 2.05) is 7.05 Å². The Hall–Kier alpha value is -0.640. The molecule has 2 unspecified atom stereocenters. The van der Waals surface area contributed by atoms with Crippen molar-refractivity contribution in [3.05, 3.63) is 34.6 Å². The lowest BCUT2D eigenvalue weighted by Gasteiger charge is -2.41. The zero-order chi connectivity index (χ0) is 14.9. The Bertz CT molecular complexity index is 502. The van der Waals surface area contributed by atoms with E-state index in [1.54, 1.807) is 12.1 Å². The van der Waals surface area contributed by atoms with Crippen LogP contribution in [0.2, 0.25) is 5.02 Å². The van der Waals surface area contributed by atoms with Gasteiger partial charge in [-0.25, -0.2) is 4.39 Å². The first-order chi connectivity index (χ1) is 10.1. The van der Waals surface area contributed by atoms with Gasteiger partial charge in [0.25, 0.3) is 0 Å². The largest absolute Gasteiger partial charge is 0.375 e. The Kier molecular flexibility index (Phi) is 4.53. The van der Waals surface area contributed by atoms with Crippen molar-refractivity contribution < 1.29 is 9.13 Å². The molecule has 2 aliphatic rings. The average Bonchev–Trinajstić information content (AvgIpc) is 2.91. The summed E-state index contributed by atoms with van der Waals surface area (Å²) in [6.45, 7) is 0.783. The number of ether oxygens (including phenoxy) is 1. The first kappa shape index (κ1) is 15.3. The molecule has 3 rings (SSSR count). The molecule has 1 aromatic carbocycles. The highest BCUT2D eigenvalue weighted by atomic mass is 35.5. The Morgan fingerprint density at radius 3 is 2.86 bits per heavy atom. The molecular weight excluding hydrogens is 289 g/mol. The number of benzene rings is 1. The topological polar surface area (TPSA) is 21.3 Å². The summed E-state index contributed by atoms with van der Waals surface area (Å²) in [4.78, 5) is 0. The second-order valence-electron chi connectivity index (χ2n) is 6.42. The quantitative estimate of drug-likeness (QED) is 0.888. The number of hydrogen-bond donors (Lipinski definition) is 1. The van der Waals surface area contributed by atoms with Crippen LogP contribution in [0.4, 0.5) is 4.39 Å². The zero-order valence-corrected chi connectivity index (χ0v) is 13.3. The highest BCUT2D eigenvalue weighted by Gasteiger charge is 2.42. The minimum absolute atomic E-state index is 0.00470. The van der Waals surface area contributed by atoms with Gasteiger partial charge in [-0.3, -0.25) is 0 Å². The molecule has 0 aromatic heterocycles. The van der Waals surface area contributed by atoms with Gasteiger partial charge >= 0.3 is 0 Å². The van der Waals surface area contributed by atoms with E-state index in [4.69, 9.17) is 16.3 Å². The monoisotopic (exact) mass is 311 g/mol. The van der Waals surface area contributed by atoms with Crippen molar-refractivity contribution in [2.24, 2.45) is 5.92 Å². The Labute approximate surface area is 131 Å². The van der Waals surface area contributed by atoms with Gasteiger partial charge in [0.1, 0.15) is 5.82 Å². The highest BCUT2D eigenvalue weighted by molar-refractivity contribution is 6.30. The first-order valence-corrected chi connectivity index (χ1v) is 8.27. The molecule has 0 bridgehead atoms. The summed E-state index contributed by atoms with van der Waals surface area (Å²) >= 11 is 6.06. The van der Waals surface area contributed by atoms with Crippen molar-refractivity contribution >= 4 is 11.6 Å². The van der Waals surface area contributed by atoms with Gasteiger partial charge in [-0.15, -0.1) is 0 Å². The third-order valence-corrected chi connectivity index (χ3v) is 5.36. The molecule has 1 aliphatic carbocycles. The summed E-state index contributed by atoms with van der Waals surface area (Å²) < 4.78 is 20.3. The van der Waals surface area contributed by atoms with Gasteiger partial charge in [0.05, 0.1) is 5.60 Å². The van der Waals surface area contributed by atoms with Crippen LogP contribution in [0.3, 0.4) is 0 Å². The maximum Gasteiger partial charge on any atom is 0.128 e. The lowest BCUT2D eigenvalue weighted by atomic mass is 9.78. The Morgan fingerprint density at radius 1 is 1.38 bits per heavy atom. The maximum absolute atomic E-state index is 14.2. The number of hydrogen-bond acceptors (Lipinski definition) is 2. The molecule has 21 heavy (non-hydrogen) atoms. The summed E-state index contributed by atoms with van der Waals surface area (Å²) in [6, 6.07) is 4.84. The van der Waals surface area contributed by atoms with Crippen LogP contribution in [0, 0.1) is 11.7 Å². The lowest BCUT2D eigenvalue weighted by Crippen LogP contribution is -2.41. The fourth-order valence-corrected chi connectivity index (χ4v) is 4.30. The standard InChI is InChI=1S/C17H23ClFNO/c1-20-16(14-10-13(18)4-5-15(14)19)12-6-9-21-17(11-12)7-2-3-8-17/h4-5,10,12,16,20H,2-3,6-9,11H2,1H3. The molecule has 0 amide bonds. The Balaban J connectivity index is 1.84. The van der Waals surface area contributed by atoms with E-state index in [2.05, 4.69) is 5.32 Å². The van der Waals surface area contributed by atoms with E-state index >= 15 is 0 Å². The third-order valence-electron chi connectivity index (χ3n) is 5.12. The molecule has 1 aromatic rings. The van der Waals surface area contributed by atoms with Gasteiger partial charge in [0.15, 0.2) is 0 Å². The second-order valence-corrected chi connectivity index (χ2v) is 6.86. The number of nitrogens with one attached hydrogen (secondary N) is 1. The molecule has 116 valence electrons. The molecule has 1 spiro atoms. The van der Waals surface area contributed by atoms with Crippen molar-refractivity contribution in [3.63, 3.8) is 0 Å². The van der Waals surface area contributed by atoms with Crippen LogP contribution < -0.4 is 5.32 Å². The molecule has 1 N–H and O–H groups in total. The molecular formula is C17H23ClFNO. The summed E-state index contributed by atoms with van der Waals surface area (Å²) in [6.07, 6.45) is 6.80. The van der Waals surface area contributed by atoms with E-state index in [-0.39, 0.29) is 17.5 Å². The van der Waals surface area contributed by atoms with Crippen LogP contribution in [0.25, 0.3) is 0 Å². The van der Waals surface area contributed by atoms with Crippen LogP contribution in [0.1, 0.15) is 50.1 Å². The van der Waals surface area contributed by atoms with Gasteiger partial charge in [0, 0.05) is 23.2 Å². The predicted octanol–water partition coefficient (Wildman–Crippen LogP) is 4.48. The Morgan fingerprint density at radius 2 is 2.14 bits per heavy atom. The summed E-state index contributed by atoms with van der Waals surface area (Å²) in [5.41, 5.74) is 0.734. The molecule has 2 atom stereocenters. The molecule has 1 aliphatic heterocycles. The smallest absolute Gasteiger partial charge is 0.128 e. The van der Waals surface area contributed by atoms with Crippen molar-refractivity contribution in [2.75, 3.05) is 13.7 Å². The molecule has 1 saturated heterocycles. The zero-order valence-electron chi connectivity index (χ0n) is 12.5. The molecule has 2 fully saturated rings. The van der Waals surface area contributed by atoms with Crippen LogP contribution >= 0.6 is 11.6 Å². The third kappa shape index (κ3) is 3.10. The number of halogens is 2. The van der Waals surface area contributed by atoms with Crippen LogP contribution in [0.15, 0.2) is 18.2 Å². The summed E-state index contributed by atoms with van der Waals surface area (Å²) in [5, 5.41) is 3.90. The SMILES string of the molecule is CNC(c1cc(Cl)ccc1F)C1CCOC2(CCCC2)C1. The van der Waals surface area contributed by atoms with E-state index < -0.39 is 0 Å². The molecule has 1 heterocycles. The van der Waals surface area contributed by atoms with E-state index in [9.17, 15) is 4.39 Å². The van der Waals surface area contributed by atoms with Crippen molar-refractivity contribution in [1.82, 2.24) is 5.32 Å². The van der Waals surface area contributed by atoms with E-state index in [0.29, 0.717) is 16.5 Å². The van der Waals surface area contributed by atoms with Gasteiger partial charge in [-0.1, -0.05) is 24.4 Å². The maximum atomic E-state index is 14.2. The molecule has 1 saturated carbocycles. The minimum atomic E-state index is -0.175. The molecule has 2 nitrogen and oxygen atoms in total. The highest BCUT2D eigenvalue weighted by Crippen LogP contribution is 2.45. The van der Waals surface area contributed by atoms with Crippen molar-refractivity contribution in [1.29, 1.82) is 0 Å². The normalized spacial score (nSPS) is 26.1. The predicted molar refractivity (Wildman–Crippen MR) is 83.1 cm³/mol. The first-order valence-electron chi connectivity index (χ1n) is 7.90. The van der Waals surface area contributed by atoms with Gasteiger partial charge in [-0.2, -0.15) is 0 Å². The van der Waals surface area contributed by atoms with Crippen LogP contribution in [-0.4, -0.2) is 19.3 Å².